The highest BCUT2D eigenvalue weighted by molar-refractivity contribution is 7.71. The molecular formula is C18H20N6O3S2. The van der Waals surface area contributed by atoms with Gasteiger partial charge >= 0.3 is 0 Å². The van der Waals surface area contributed by atoms with E-state index in [2.05, 4.69) is 32.4 Å². The lowest BCUT2D eigenvalue weighted by molar-refractivity contribution is -0.116. The van der Waals surface area contributed by atoms with Crippen LogP contribution in [0.5, 0.6) is 0 Å². The molecule has 3 heterocycles. The molecule has 3 N–H and O–H groups in total. The maximum atomic E-state index is 12.1. The summed E-state index contributed by atoms with van der Waals surface area (Å²) in [6, 6.07) is 3.23. The van der Waals surface area contributed by atoms with E-state index in [0.717, 1.165) is 11.5 Å². The fraction of sp³-hybridized carbons (Fsp3) is 0.278. The van der Waals surface area contributed by atoms with Crippen molar-refractivity contribution < 1.29 is 14.0 Å². The molecule has 0 aliphatic carbocycles. The minimum absolute atomic E-state index is 0.160. The number of aromatic amines is 1. The van der Waals surface area contributed by atoms with Gasteiger partial charge in [-0.15, -0.1) is 17.9 Å². The van der Waals surface area contributed by atoms with Crippen molar-refractivity contribution in [2.45, 2.75) is 25.8 Å². The maximum Gasteiger partial charge on any atom is 0.286 e. The molecular weight excluding hydrogens is 412 g/mol. The quantitative estimate of drug-likeness (QED) is 0.258. The Morgan fingerprint density at radius 1 is 1.45 bits per heavy atom. The number of nitrogens with zero attached hydrogens (tertiary/aromatic N) is 3. The number of amides is 2. The van der Waals surface area contributed by atoms with Crippen LogP contribution < -0.4 is 10.6 Å². The largest absolute Gasteiger partial charge is 0.459 e. The van der Waals surface area contributed by atoms with Crippen LogP contribution in [0, 0.1) is 4.77 Å². The van der Waals surface area contributed by atoms with E-state index in [0.29, 0.717) is 35.8 Å². The zero-order chi connectivity index (χ0) is 20.6. The molecule has 0 fully saturated rings. The van der Waals surface area contributed by atoms with Crippen molar-refractivity contribution in [1.29, 1.82) is 0 Å². The molecule has 0 atom stereocenters. The van der Waals surface area contributed by atoms with Gasteiger partial charge in [0.15, 0.2) is 15.7 Å². The first-order valence-corrected chi connectivity index (χ1v) is 10.2. The average molecular weight is 433 g/mol. The fourth-order valence-electron chi connectivity index (χ4n) is 2.54. The van der Waals surface area contributed by atoms with Gasteiger partial charge in [0.2, 0.25) is 5.91 Å². The standard InChI is InChI=1S/C18H20N6O3S2/c1-2-8-24-14(22-23-18(24)28)10-12-11-29-17(20-12)21-15(25)6-3-7-19-16(26)13-5-4-9-27-13/h2,4-5,9,11H,1,3,6-8,10H2,(H,19,26)(H,23,28)(H,20,21,25). The Bertz CT molecular complexity index is 1030. The highest BCUT2D eigenvalue weighted by atomic mass is 32.1. The highest BCUT2D eigenvalue weighted by Crippen LogP contribution is 2.18. The number of aromatic nitrogens is 4. The van der Waals surface area contributed by atoms with Crippen LogP contribution in [0.1, 0.15) is 34.9 Å². The molecule has 152 valence electrons. The van der Waals surface area contributed by atoms with Crippen LogP contribution in [0.4, 0.5) is 5.13 Å². The van der Waals surface area contributed by atoms with Crippen molar-refractivity contribution in [2.75, 3.05) is 11.9 Å². The first kappa shape index (κ1) is 20.7. The molecule has 0 aliphatic heterocycles. The summed E-state index contributed by atoms with van der Waals surface area (Å²) in [6.07, 6.45) is 4.45. The van der Waals surface area contributed by atoms with Crippen molar-refractivity contribution in [1.82, 2.24) is 25.1 Å². The van der Waals surface area contributed by atoms with Crippen molar-refractivity contribution in [3.05, 3.63) is 58.5 Å². The molecule has 11 heteroatoms. The van der Waals surface area contributed by atoms with E-state index < -0.39 is 0 Å². The van der Waals surface area contributed by atoms with Crippen LogP contribution in [-0.2, 0) is 17.8 Å². The number of furan rings is 1. The van der Waals surface area contributed by atoms with E-state index in [1.807, 2.05) is 9.95 Å². The van der Waals surface area contributed by atoms with Crippen LogP contribution in [0.3, 0.4) is 0 Å². The van der Waals surface area contributed by atoms with Gasteiger partial charge in [-0.2, -0.15) is 5.10 Å². The molecule has 0 bridgehead atoms. The number of hydrogen-bond acceptors (Lipinski definition) is 7. The average Bonchev–Trinajstić information content (AvgIpc) is 3.44. The first-order chi connectivity index (χ1) is 14.1. The molecule has 9 nitrogen and oxygen atoms in total. The number of thiazole rings is 1. The number of carbonyl (C=O) groups excluding carboxylic acids is 2. The minimum atomic E-state index is -0.297. The highest BCUT2D eigenvalue weighted by Gasteiger charge is 2.12. The van der Waals surface area contributed by atoms with Crippen LogP contribution in [0.25, 0.3) is 0 Å². The van der Waals surface area contributed by atoms with E-state index in [4.69, 9.17) is 16.6 Å². The Balaban J connectivity index is 1.43. The molecule has 3 rings (SSSR count). The maximum absolute atomic E-state index is 12.1. The Hall–Kier alpha value is -3.05. The third-order valence-electron chi connectivity index (χ3n) is 3.90. The Kier molecular flexibility index (Phi) is 7.09. The van der Waals surface area contributed by atoms with Crippen molar-refractivity contribution >= 4 is 40.5 Å². The lowest BCUT2D eigenvalue weighted by Gasteiger charge is -2.04. The van der Waals surface area contributed by atoms with Gasteiger partial charge in [0, 0.05) is 24.9 Å². The molecule has 0 aliphatic rings. The lowest BCUT2D eigenvalue weighted by Crippen LogP contribution is -2.25. The molecule has 0 radical (unpaired) electrons. The van der Waals surface area contributed by atoms with Gasteiger partial charge in [-0.05, 0) is 30.8 Å². The van der Waals surface area contributed by atoms with Crippen LogP contribution in [0.15, 0.2) is 40.8 Å². The summed E-state index contributed by atoms with van der Waals surface area (Å²) in [6.45, 7) is 4.66. The summed E-state index contributed by atoms with van der Waals surface area (Å²) in [5.74, 6) is 0.548. The number of allylic oxidation sites excluding steroid dienone is 1. The summed E-state index contributed by atoms with van der Waals surface area (Å²) < 4.78 is 7.38. The number of anilines is 1. The van der Waals surface area contributed by atoms with E-state index >= 15 is 0 Å². The summed E-state index contributed by atoms with van der Waals surface area (Å²) in [5.41, 5.74) is 0.787. The van der Waals surface area contributed by atoms with E-state index in [1.165, 1.54) is 17.6 Å². The molecule has 0 saturated heterocycles. The van der Waals surface area contributed by atoms with Crippen molar-refractivity contribution in [2.24, 2.45) is 0 Å². The van der Waals surface area contributed by atoms with Gasteiger partial charge in [0.05, 0.1) is 18.4 Å². The second-order valence-corrected chi connectivity index (χ2v) is 7.29. The number of hydrogen-bond donors (Lipinski definition) is 3. The molecule has 0 aromatic carbocycles. The van der Waals surface area contributed by atoms with Gasteiger partial charge in [0.1, 0.15) is 5.82 Å². The zero-order valence-electron chi connectivity index (χ0n) is 15.5. The van der Waals surface area contributed by atoms with Gasteiger partial charge in [-0.1, -0.05) is 6.08 Å². The second kappa shape index (κ2) is 9.94. The second-order valence-electron chi connectivity index (χ2n) is 6.05. The predicted octanol–water partition coefficient (Wildman–Crippen LogP) is 2.92. The number of rotatable bonds is 10. The van der Waals surface area contributed by atoms with E-state index in [-0.39, 0.29) is 24.0 Å². The van der Waals surface area contributed by atoms with Crippen molar-refractivity contribution in [3.63, 3.8) is 0 Å². The molecule has 0 spiro atoms. The molecule has 3 aromatic heterocycles. The van der Waals surface area contributed by atoms with E-state index in [1.54, 1.807) is 18.2 Å². The summed E-state index contributed by atoms with van der Waals surface area (Å²) in [4.78, 5) is 28.2. The Labute approximate surface area is 175 Å². The van der Waals surface area contributed by atoms with Crippen LogP contribution in [0.2, 0.25) is 0 Å². The van der Waals surface area contributed by atoms with Gasteiger partial charge in [-0.25, -0.2) is 4.98 Å². The van der Waals surface area contributed by atoms with Crippen molar-refractivity contribution in [3.8, 4) is 0 Å². The molecule has 2 amide bonds. The van der Waals surface area contributed by atoms with Gasteiger partial charge in [0.25, 0.3) is 5.91 Å². The van der Waals surface area contributed by atoms with Gasteiger partial charge in [-0.3, -0.25) is 19.3 Å². The fourth-order valence-corrected chi connectivity index (χ4v) is 3.49. The smallest absolute Gasteiger partial charge is 0.286 e. The Morgan fingerprint density at radius 2 is 2.31 bits per heavy atom. The van der Waals surface area contributed by atoms with Crippen LogP contribution >= 0.6 is 23.6 Å². The zero-order valence-corrected chi connectivity index (χ0v) is 17.1. The van der Waals surface area contributed by atoms with Crippen LogP contribution in [-0.4, -0.2) is 38.1 Å². The molecule has 0 saturated carbocycles. The summed E-state index contributed by atoms with van der Waals surface area (Å²) in [7, 11) is 0. The molecule has 29 heavy (non-hydrogen) atoms. The number of nitrogens with one attached hydrogen (secondary N) is 3. The lowest BCUT2D eigenvalue weighted by atomic mass is 10.3. The SMILES string of the molecule is C=CCn1c(Cc2csc(NC(=O)CCCNC(=O)c3ccco3)n2)n[nH]c1=S. The topological polar surface area (TPSA) is 118 Å². The summed E-state index contributed by atoms with van der Waals surface area (Å²) in [5, 5.41) is 14.8. The third kappa shape index (κ3) is 5.72. The summed E-state index contributed by atoms with van der Waals surface area (Å²) >= 11 is 6.54. The number of carbonyl (C=O) groups is 2. The monoisotopic (exact) mass is 432 g/mol. The molecule has 3 aromatic rings. The predicted molar refractivity (Wildman–Crippen MR) is 111 cm³/mol. The third-order valence-corrected chi connectivity index (χ3v) is 5.02. The van der Waals surface area contributed by atoms with Gasteiger partial charge < -0.3 is 15.1 Å². The Morgan fingerprint density at radius 3 is 3.07 bits per heavy atom. The first-order valence-electron chi connectivity index (χ1n) is 8.87. The molecule has 0 unspecified atom stereocenters. The normalized spacial score (nSPS) is 10.6. The minimum Gasteiger partial charge on any atom is -0.459 e. The van der Waals surface area contributed by atoms with E-state index in [9.17, 15) is 9.59 Å². The number of H-pyrrole nitrogens is 1.